The van der Waals surface area contributed by atoms with Crippen molar-refractivity contribution in [3.05, 3.63) is 22.6 Å². The van der Waals surface area contributed by atoms with Crippen molar-refractivity contribution in [2.45, 2.75) is 32.1 Å². The molecule has 0 aliphatic carbocycles. The number of hydrogen-bond acceptors (Lipinski definition) is 2. The highest BCUT2D eigenvalue weighted by atomic mass is 79.9. The van der Waals surface area contributed by atoms with E-state index in [1.54, 1.807) is 12.3 Å². The first-order valence-corrected chi connectivity index (χ1v) is 6.60. The zero-order chi connectivity index (χ0) is 11.4. The zero-order valence-electron chi connectivity index (χ0n) is 9.25. The van der Waals surface area contributed by atoms with Crippen LogP contribution in [-0.2, 0) is 0 Å². The fourth-order valence-corrected chi connectivity index (χ4v) is 2.48. The molecule has 0 unspecified atom stereocenters. The molecule has 4 heteroatoms. The maximum atomic E-state index is 12.2. The Morgan fingerprint density at radius 2 is 1.81 bits per heavy atom. The fourth-order valence-electron chi connectivity index (χ4n) is 2.07. The van der Waals surface area contributed by atoms with Crippen LogP contribution in [0.4, 0.5) is 0 Å². The minimum Gasteiger partial charge on any atom is -0.457 e. The van der Waals surface area contributed by atoms with Crippen molar-refractivity contribution in [3.63, 3.8) is 0 Å². The monoisotopic (exact) mass is 285 g/mol. The molecular formula is C12H16BrNO2. The molecular weight excluding hydrogens is 270 g/mol. The second kappa shape index (κ2) is 5.53. The number of likely N-dealkylation sites (tertiary alicyclic amines) is 1. The van der Waals surface area contributed by atoms with Crippen molar-refractivity contribution in [1.82, 2.24) is 4.90 Å². The summed E-state index contributed by atoms with van der Waals surface area (Å²) in [5.41, 5.74) is 0.639. The van der Waals surface area contributed by atoms with E-state index >= 15 is 0 Å². The van der Waals surface area contributed by atoms with Crippen LogP contribution in [0.1, 0.15) is 42.5 Å². The first-order chi connectivity index (χ1) is 7.79. The van der Waals surface area contributed by atoms with E-state index in [1.807, 2.05) is 4.90 Å². The van der Waals surface area contributed by atoms with Gasteiger partial charge in [-0.3, -0.25) is 4.79 Å². The smallest absolute Gasteiger partial charge is 0.258 e. The average molecular weight is 286 g/mol. The van der Waals surface area contributed by atoms with Crippen LogP contribution in [-0.4, -0.2) is 23.9 Å². The quantitative estimate of drug-likeness (QED) is 0.792. The number of carbonyl (C=O) groups excluding carboxylic acids is 1. The Morgan fingerprint density at radius 1 is 1.19 bits per heavy atom. The van der Waals surface area contributed by atoms with E-state index in [0.717, 1.165) is 25.9 Å². The largest absolute Gasteiger partial charge is 0.457 e. The first kappa shape index (κ1) is 11.7. The van der Waals surface area contributed by atoms with E-state index < -0.39 is 0 Å². The van der Waals surface area contributed by atoms with Gasteiger partial charge in [-0.05, 0) is 34.8 Å². The molecule has 1 saturated heterocycles. The molecule has 88 valence electrons. The molecule has 1 fully saturated rings. The van der Waals surface area contributed by atoms with Gasteiger partial charge in [-0.15, -0.1) is 0 Å². The van der Waals surface area contributed by atoms with Crippen molar-refractivity contribution in [1.29, 1.82) is 0 Å². The number of carbonyl (C=O) groups is 1. The molecule has 0 atom stereocenters. The molecule has 1 aromatic heterocycles. The molecule has 0 spiro atoms. The molecule has 2 rings (SSSR count). The van der Waals surface area contributed by atoms with Crippen molar-refractivity contribution >= 4 is 21.8 Å². The predicted octanol–water partition coefficient (Wildman–Crippen LogP) is 3.45. The molecule has 1 aliphatic rings. The van der Waals surface area contributed by atoms with Crippen LogP contribution in [0.3, 0.4) is 0 Å². The van der Waals surface area contributed by atoms with Crippen molar-refractivity contribution in [3.8, 4) is 0 Å². The van der Waals surface area contributed by atoms with E-state index in [2.05, 4.69) is 15.9 Å². The minimum atomic E-state index is 0.0857. The lowest BCUT2D eigenvalue weighted by molar-refractivity contribution is 0.0740. The summed E-state index contributed by atoms with van der Waals surface area (Å²) in [5.74, 6) is 0.0857. The summed E-state index contributed by atoms with van der Waals surface area (Å²) in [7, 11) is 0. The third kappa shape index (κ3) is 2.67. The third-order valence-corrected chi connectivity index (χ3v) is 3.61. The summed E-state index contributed by atoms with van der Waals surface area (Å²) in [5, 5.41) is 0. The molecule has 3 nitrogen and oxygen atoms in total. The van der Waals surface area contributed by atoms with Gasteiger partial charge in [-0.2, -0.15) is 0 Å². The van der Waals surface area contributed by atoms with Gasteiger partial charge in [0.05, 0.1) is 11.8 Å². The second-order valence-corrected chi connectivity index (χ2v) is 4.89. The average Bonchev–Trinajstić information content (AvgIpc) is 2.63. The Morgan fingerprint density at radius 3 is 2.38 bits per heavy atom. The topological polar surface area (TPSA) is 33.5 Å². The highest BCUT2D eigenvalue weighted by molar-refractivity contribution is 9.10. The van der Waals surface area contributed by atoms with Crippen LogP contribution < -0.4 is 0 Å². The van der Waals surface area contributed by atoms with Crippen LogP contribution in [0.5, 0.6) is 0 Å². The second-order valence-electron chi connectivity index (χ2n) is 4.17. The highest BCUT2D eigenvalue weighted by Gasteiger charge is 2.20. The van der Waals surface area contributed by atoms with Crippen LogP contribution in [0.15, 0.2) is 21.4 Å². The molecule has 0 aromatic carbocycles. The predicted molar refractivity (Wildman–Crippen MR) is 65.4 cm³/mol. The molecule has 1 aliphatic heterocycles. The van der Waals surface area contributed by atoms with Crippen LogP contribution in [0.2, 0.25) is 0 Å². The van der Waals surface area contributed by atoms with E-state index in [-0.39, 0.29) is 5.91 Å². The summed E-state index contributed by atoms with van der Waals surface area (Å²) in [6.07, 6.45) is 7.54. The number of amides is 1. The van der Waals surface area contributed by atoms with Gasteiger partial charge >= 0.3 is 0 Å². The molecule has 0 bridgehead atoms. The molecule has 1 aromatic rings. The van der Waals surface area contributed by atoms with Gasteiger partial charge in [-0.25, -0.2) is 0 Å². The van der Waals surface area contributed by atoms with Gasteiger partial charge in [0.2, 0.25) is 0 Å². The molecule has 0 N–H and O–H groups in total. The number of furan rings is 1. The lowest BCUT2D eigenvalue weighted by Crippen LogP contribution is -2.33. The summed E-state index contributed by atoms with van der Waals surface area (Å²) in [6, 6.07) is 1.73. The normalized spacial score (nSPS) is 17.9. The summed E-state index contributed by atoms with van der Waals surface area (Å²) < 4.78 is 5.64. The van der Waals surface area contributed by atoms with Gasteiger partial charge in [-0.1, -0.05) is 19.3 Å². The first-order valence-electron chi connectivity index (χ1n) is 5.81. The van der Waals surface area contributed by atoms with E-state index in [4.69, 9.17) is 4.42 Å². The number of hydrogen-bond donors (Lipinski definition) is 0. The van der Waals surface area contributed by atoms with E-state index in [9.17, 15) is 4.79 Å². The lowest BCUT2D eigenvalue weighted by atomic mass is 10.1. The van der Waals surface area contributed by atoms with E-state index in [1.165, 1.54) is 19.3 Å². The van der Waals surface area contributed by atoms with Gasteiger partial charge in [0.25, 0.3) is 5.91 Å². The number of nitrogens with zero attached hydrogens (tertiary/aromatic N) is 1. The molecule has 0 radical (unpaired) electrons. The summed E-state index contributed by atoms with van der Waals surface area (Å²) in [6.45, 7) is 1.74. The zero-order valence-corrected chi connectivity index (χ0v) is 10.8. The number of rotatable bonds is 1. The number of halogens is 1. The standard InChI is InChI=1S/C12H16BrNO2/c13-11-10(6-9-16-11)12(15)14-7-4-2-1-3-5-8-14/h6,9H,1-5,7-8H2. The SMILES string of the molecule is O=C(c1ccoc1Br)N1CCCCCCC1. The van der Waals surface area contributed by atoms with Gasteiger partial charge in [0.15, 0.2) is 4.67 Å². The summed E-state index contributed by atoms with van der Waals surface area (Å²) in [4.78, 5) is 14.1. The molecule has 0 saturated carbocycles. The minimum absolute atomic E-state index is 0.0857. The molecule has 1 amide bonds. The van der Waals surface area contributed by atoms with Crippen molar-refractivity contribution in [2.75, 3.05) is 13.1 Å². The van der Waals surface area contributed by atoms with Crippen molar-refractivity contribution in [2.24, 2.45) is 0 Å². The van der Waals surface area contributed by atoms with Crippen LogP contribution in [0, 0.1) is 0 Å². The Labute approximate surface area is 104 Å². The van der Waals surface area contributed by atoms with E-state index in [0.29, 0.717) is 10.2 Å². The summed E-state index contributed by atoms with van der Waals surface area (Å²) >= 11 is 3.25. The lowest BCUT2D eigenvalue weighted by Gasteiger charge is -2.24. The Balaban J connectivity index is 2.05. The van der Waals surface area contributed by atoms with Gasteiger partial charge < -0.3 is 9.32 Å². The highest BCUT2D eigenvalue weighted by Crippen LogP contribution is 2.21. The maximum Gasteiger partial charge on any atom is 0.258 e. The van der Waals surface area contributed by atoms with Gasteiger partial charge in [0.1, 0.15) is 0 Å². The third-order valence-electron chi connectivity index (χ3n) is 2.99. The fraction of sp³-hybridized carbons (Fsp3) is 0.583. The molecule has 2 heterocycles. The van der Waals surface area contributed by atoms with Crippen molar-refractivity contribution < 1.29 is 9.21 Å². The van der Waals surface area contributed by atoms with Crippen LogP contribution >= 0.6 is 15.9 Å². The van der Waals surface area contributed by atoms with Gasteiger partial charge in [0, 0.05) is 13.1 Å². The Kier molecular flexibility index (Phi) is 4.04. The Bertz CT molecular complexity index is 354. The maximum absolute atomic E-state index is 12.2. The Hall–Kier alpha value is -0.770. The molecule has 16 heavy (non-hydrogen) atoms. The van der Waals surface area contributed by atoms with Crippen LogP contribution in [0.25, 0.3) is 0 Å².